The molecule has 0 aliphatic heterocycles. The molecule has 0 aliphatic carbocycles. The number of carbonyl (C=O) groups is 1. The molecule has 1 amide bonds. The summed E-state index contributed by atoms with van der Waals surface area (Å²) in [4.78, 5) is 11.3. The molecule has 0 radical (unpaired) electrons. The van der Waals surface area contributed by atoms with Crippen molar-refractivity contribution in [2.45, 2.75) is 6.42 Å². The SMILES string of the molecule is C=C(Cl)CNC(=O)Cc1cccc(O)c1. The zero-order valence-corrected chi connectivity index (χ0v) is 8.92. The number of carbonyl (C=O) groups excluding carboxylic acids is 1. The van der Waals surface area contributed by atoms with Gasteiger partial charge in [-0.15, -0.1) is 0 Å². The zero-order valence-electron chi connectivity index (χ0n) is 8.16. The topological polar surface area (TPSA) is 49.3 Å². The summed E-state index contributed by atoms with van der Waals surface area (Å²) >= 11 is 5.50. The summed E-state index contributed by atoms with van der Waals surface area (Å²) in [6.45, 7) is 3.72. The maximum Gasteiger partial charge on any atom is 0.224 e. The molecule has 0 saturated heterocycles. The molecular weight excluding hydrogens is 214 g/mol. The van der Waals surface area contributed by atoms with Crippen LogP contribution in [0.15, 0.2) is 35.9 Å². The maximum absolute atomic E-state index is 11.3. The highest BCUT2D eigenvalue weighted by Gasteiger charge is 2.03. The summed E-state index contributed by atoms with van der Waals surface area (Å²) < 4.78 is 0. The van der Waals surface area contributed by atoms with Crippen molar-refractivity contribution >= 4 is 17.5 Å². The van der Waals surface area contributed by atoms with E-state index in [1.807, 2.05) is 0 Å². The second-order valence-electron chi connectivity index (χ2n) is 3.14. The summed E-state index contributed by atoms with van der Waals surface area (Å²) in [5.41, 5.74) is 0.757. The molecule has 2 N–H and O–H groups in total. The highest BCUT2D eigenvalue weighted by atomic mass is 35.5. The van der Waals surface area contributed by atoms with Gasteiger partial charge in [0.1, 0.15) is 5.75 Å². The van der Waals surface area contributed by atoms with Crippen LogP contribution in [0.2, 0.25) is 0 Å². The number of hydrogen-bond donors (Lipinski definition) is 2. The summed E-state index contributed by atoms with van der Waals surface area (Å²) in [6, 6.07) is 6.57. The molecule has 0 aromatic heterocycles. The van der Waals surface area contributed by atoms with E-state index in [4.69, 9.17) is 11.6 Å². The van der Waals surface area contributed by atoms with Crippen molar-refractivity contribution < 1.29 is 9.90 Å². The van der Waals surface area contributed by atoms with Crippen molar-refractivity contribution in [3.8, 4) is 5.75 Å². The van der Waals surface area contributed by atoms with Crippen LogP contribution in [-0.4, -0.2) is 17.6 Å². The molecule has 3 nitrogen and oxygen atoms in total. The zero-order chi connectivity index (χ0) is 11.3. The Morgan fingerprint density at radius 2 is 2.27 bits per heavy atom. The Morgan fingerprint density at radius 3 is 2.87 bits per heavy atom. The molecular formula is C11H12ClNO2. The van der Waals surface area contributed by atoms with Crippen LogP contribution < -0.4 is 5.32 Å². The average molecular weight is 226 g/mol. The number of phenols is 1. The summed E-state index contributed by atoms with van der Waals surface area (Å²) in [5.74, 6) is 0.00412. The Morgan fingerprint density at radius 1 is 1.53 bits per heavy atom. The van der Waals surface area contributed by atoms with Gasteiger partial charge in [-0.25, -0.2) is 0 Å². The van der Waals surface area contributed by atoms with Crippen LogP contribution in [0.4, 0.5) is 0 Å². The van der Waals surface area contributed by atoms with E-state index >= 15 is 0 Å². The predicted molar refractivity (Wildman–Crippen MR) is 59.8 cm³/mol. The normalized spacial score (nSPS) is 9.67. The first-order valence-corrected chi connectivity index (χ1v) is 4.83. The van der Waals surface area contributed by atoms with Crippen LogP contribution in [0.1, 0.15) is 5.56 Å². The Balaban J connectivity index is 2.48. The molecule has 0 unspecified atom stereocenters. The maximum atomic E-state index is 11.3. The first kappa shape index (κ1) is 11.6. The fourth-order valence-electron chi connectivity index (χ4n) is 1.11. The van der Waals surface area contributed by atoms with Gasteiger partial charge >= 0.3 is 0 Å². The standard InChI is InChI=1S/C11H12ClNO2/c1-8(12)7-13-11(15)6-9-3-2-4-10(14)5-9/h2-5,14H,1,6-7H2,(H,13,15). The lowest BCUT2D eigenvalue weighted by Gasteiger charge is -2.04. The van der Waals surface area contributed by atoms with Crippen LogP contribution in [0.3, 0.4) is 0 Å². The molecule has 0 bridgehead atoms. The number of hydrogen-bond acceptors (Lipinski definition) is 2. The minimum absolute atomic E-state index is 0.151. The van der Waals surface area contributed by atoms with E-state index in [1.54, 1.807) is 24.3 Å². The fourth-order valence-corrected chi connectivity index (χ4v) is 1.18. The molecule has 0 heterocycles. The molecule has 0 saturated carbocycles. The van der Waals surface area contributed by atoms with Crippen molar-refractivity contribution in [3.05, 3.63) is 41.4 Å². The third-order valence-corrected chi connectivity index (χ3v) is 1.89. The molecule has 1 aromatic carbocycles. The van der Waals surface area contributed by atoms with Crippen molar-refractivity contribution in [2.24, 2.45) is 0 Å². The van der Waals surface area contributed by atoms with Crippen molar-refractivity contribution in [2.75, 3.05) is 6.54 Å². The number of benzene rings is 1. The summed E-state index contributed by atoms with van der Waals surface area (Å²) in [6.07, 6.45) is 0.221. The van der Waals surface area contributed by atoms with Gasteiger partial charge in [-0.3, -0.25) is 4.79 Å². The largest absolute Gasteiger partial charge is 0.508 e. The second-order valence-corrected chi connectivity index (χ2v) is 3.68. The molecule has 0 aliphatic rings. The quantitative estimate of drug-likeness (QED) is 0.821. The van der Waals surface area contributed by atoms with Crippen LogP contribution in [-0.2, 0) is 11.2 Å². The van der Waals surface area contributed by atoms with Crippen LogP contribution in [0.5, 0.6) is 5.75 Å². The first-order chi connectivity index (χ1) is 7.08. The lowest BCUT2D eigenvalue weighted by Crippen LogP contribution is -2.26. The number of rotatable bonds is 4. The number of halogens is 1. The van der Waals surface area contributed by atoms with E-state index in [0.717, 1.165) is 5.56 Å². The Kier molecular flexibility index (Phi) is 4.18. The molecule has 0 atom stereocenters. The van der Waals surface area contributed by atoms with E-state index in [2.05, 4.69) is 11.9 Å². The van der Waals surface area contributed by atoms with E-state index in [-0.39, 0.29) is 24.6 Å². The van der Waals surface area contributed by atoms with Gasteiger partial charge in [0.25, 0.3) is 0 Å². The van der Waals surface area contributed by atoms with Gasteiger partial charge in [-0.1, -0.05) is 30.3 Å². The second kappa shape index (κ2) is 5.41. The van der Waals surface area contributed by atoms with Gasteiger partial charge in [0.05, 0.1) is 13.0 Å². The Labute approximate surface area is 93.4 Å². The number of nitrogens with one attached hydrogen (secondary N) is 1. The molecule has 1 rings (SSSR count). The van der Waals surface area contributed by atoms with Crippen LogP contribution in [0.25, 0.3) is 0 Å². The molecule has 15 heavy (non-hydrogen) atoms. The average Bonchev–Trinajstić information content (AvgIpc) is 2.15. The van der Waals surface area contributed by atoms with Gasteiger partial charge in [-0.2, -0.15) is 0 Å². The van der Waals surface area contributed by atoms with Gasteiger partial charge in [0.2, 0.25) is 5.91 Å². The third kappa shape index (κ3) is 4.51. The van der Waals surface area contributed by atoms with Gasteiger partial charge in [0, 0.05) is 5.03 Å². The minimum Gasteiger partial charge on any atom is -0.508 e. The lowest BCUT2D eigenvalue weighted by molar-refractivity contribution is -0.120. The molecule has 4 heteroatoms. The van der Waals surface area contributed by atoms with Gasteiger partial charge < -0.3 is 10.4 Å². The highest BCUT2D eigenvalue weighted by molar-refractivity contribution is 6.29. The number of amides is 1. The summed E-state index contributed by atoms with van der Waals surface area (Å²) in [5, 5.41) is 12.2. The number of phenolic OH excluding ortho intramolecular Hbond substituents is 1. The first-order valence-electron chi connectivity index (χ1n) is 4.46. The smallest absolute Gasteiger partial charge is 0.224 e. The van der Waals surface area contributed by atoms with E-state index < -0.39 is 0 Å². The van der Waals surface area contributed by atoms with Gasteiger partial charge in [-0.05, 0) is 17.7 Å². The molecule has 1 aromatic rings. The van der Waals surface area contributed by atoms with Crippen molar-refractivity contribution in [3.63, 3.8) is 0 Å². The van der Waals surface area contributed by atoms with Crippen molar-refractivity contribution in [1.29, 1.82) is 0 Å². The third-order valence-electron chi connectivity index (χ3n) is 1.75. The predicted octanol–water partition coefficient (Wildman–Crippen LogP) is 1.80. The summed E-state index contributed by atoms with van der Waals surface area (Å²) in [7, 11) is 0. The molecule has 0 fully saturated rings. The molecule has 80 valence electrons. The van der Waals surface area contributed by atoms with E-state index in [1.165, 1.54) is 0 Å². The fraction of sp³-hybridized carbons (Fsp3) is 0.182. The van der Waals surface area contributed by atoms with E-state index in [9.17, 15) is 9.90 Å². The lowest BCUT2D eigenvalue weighted by atomic mass is 10.1. The molecule has 0 spiro atoms. The monoisotopic (exact) mass is 225 g/mol. The van der Waals surface area contributed by atoms with Crippen LogP contribution in [0, 0.1) is 0 Å². The van der Waals surface area contributed by atoms with Crippen molar-refractivity contribution in [1.82, 2.24) is 5.32 Å². The minimum atomic E-state index is -0.151. The highest BCUT2D eigenvalue weighted by Crippen LogP contribution is 2.11. The van der Waals surface area contributed by atoms with Crippen LogP contribution >= 0.6 is 11.6 Å². The Hall–Kier alpha value is -1.48. The number of aromatic hydroxyl groups is 1. The Bertz CT molecular complexity index is 377. The van der Waals surface area contributed by atoms with E-state index in [0.29, 0.717) is 5.03 Å². The van der Waals surface area contributed by atoms with Gasteiger partial charge in [0.15, 0.2) is 0 Å².